The molecule has 0 saturated heterocycles. The molecule has 2 amide bonds. The first-order valence-corrected chi connectivity index (χ1v) is 9.24. The van der Waals surface area contributed by atoms with Crippen LogP contribution in [0.2, 0.25) is 0 Å². The number of benzene rings is 1. The number of thiophene rings is 1. The molecule has 0 atom stereocenters. The third-order valence-electron chi connectivity index (χ3n) is 3.55. The van der Waals surface area contributed by atoms with Crippen molar-refractivity contribution in [3.8, 4) is 5.75 Å². The molecule has 0 radical (unpaired) electrons. The van der Waals surface area contributed by atoms with Crippen molar-refractivity contribution in [2.45, 2.75) is 33.8 Å². The Balaban J connectivity index is 2.38. The lowest BCUT2D eigenvalue weighted by Crippen LogP contribution is -2.17. The maximum absolute atomic E-state index is 12.6. The number of carbonyl (C=O) groups excluding carboxylic acids is 3. The zero-order valence-electron chi connectivity index (χ0n) is 15.6. The third-order valence-corrected chi connectivity index (χ3v) is 4.77. The lowest BCUT2D eigenvalue weighted by Gasteiger charge is -2.11. The minimum absolute atomic E-state index is 0.136. The highest BCUT2D eigenvalue weighted by molar-refractivity contribution is 7.18. The van der Waals surface area contributed by atoms with Gasteiger partial charge < -0.3 is 20.5 Å². The summed E-state index contributed by atoms with van der Waals surface area (Å²) in [7, 11) is 0. The molecule has 144 valence electrons. The van der Waals surface area contributed by atoms with Crippen LogP contribution in [0.5, 0.6) is 5.75 Å². The van der Waals surface area contributed by atoms with E-state index < -0.39 is 17.8 Å². The molecule has 0 spiro atoms. The maximum Gasteiger partial charge on any atom is 0.341 e. The van der Waals surface area contributed by atoms with Crippen molar-refractivity contribution in [3.63, 3.8) is 0 Å². The van der Waals surface area contributed by atoms with Gasteiger partial charge in [0.1, 0.15) is 10.8 Å². The molecule has 3 N–H and O–H groups in total. The minimum atomic E-state index is -0.671. The summed E-state index contributed by atoms with van der Waals surface area (Å²) in [4.78, 5) is 36.9. The minimum Gasteiger partial charge on any atom is -0.494 e. The van der Waals surface area contributed by atoms with E-state index in [1.54, 1.807) is 45.0 Å². The van der Waals surface area contributed by atoms with Gasteiger partial charge in [-0.25, -0.2) is 4.79 Å². The van der Waals surface area contributed by atoms with Crippen molar-refractivity contribution >= 4 is 34.1 Å². The Hall–Kier alpha value is -2.87. The number of anilines is 1. The second-order valence-electron chi connectivity index (χ2n) is 5.99. The molecule has 0 saturated carbocycles. The van der Waals surface area contributed by atoms with E-state index in [1.807, 2.05) is 6.92 Å². The van der Waals surface area contributed by atoms with E-state index in [0.29, 0.717) is 23.5 Å². The monoisotopic (exact) mass is 390 g/mol. The van der Waals surface area contributed by atoms with Crippen LogP contribution in [0.25, 0.3) is 0 Å². The van der Waals surface area contributed by atoms with Gasteiger partial charge in [-0.2, -0.15) is 0 Å². The first kappa shape index (κ1) is 20.4. The Morgan fingerprint density at radius 3 is 2.56 bits per heavy atom. The average molecular weight is 390 g/mol. The predicted molar refractivity (Wildman–Crippen MR) is 104 cm³/mol. The van der Waals surface area contributed by atoms with Crippen LogP contribution in [-0.4, -0.2) is 30.5 Å². The number of primary amides is 1. The van der Waals surface area contributed by atoms with Gasteiger partial charge in [0.25, 0.3) is 11.8 Å². The number of amides is 2. The lowest BCUT2D eigenvalue weighted by atomic mass is 10.1. The van der Waals surface area contributed by atoms with Crippen LogP contribution >= 0.6 is 11.3 Å². The molecule has 0 aliphatic heterocycles. The fourth-order valence-corrected chi connectivity index (χ4v) is 3.47. The van der Waals surface area contributed by atoms with Crippen LogP contribution in [0.1, 0.15) is 56.7 Å². The van der Waals surface area contributed by atoms with Crippen LogP contribution in [-0.2, 0) is 4.74 Å². The van der Waals surface area contributed by atoms with Crippen molar-refractivity contribution in [1.82, 2.24) is 0 Å². The molecule has 0 aliphatic rings. The smallest absolute Gasteiger partial charge is 0.341 e. The Labute approximate surface area is 161 Å². The molecule has 0 fully saturated rings. The van der Waals surface area contributed by atoms with E-state index in [4.69, 9.17) is 15.2 Å². The van der Waals surface area contributed by atoms with Crippen molar-refractivity contribution in [3.05, 3.63) is 45.8 Å². The van der Waals surface area contributed by atoms with Gasteiger partial charge in [0.05, 0.1) is 23.2 Å². The summed E-state index contributed by atoms with van der Waals surface area (Å²) in [5.41, 5.74) is 6.26. The number of nitrogens with one attached hydrogen (secondary N) is 1. The summed E-state index contributed by atoms with van der Waals surface area (Å²) in [6.07, 6.45) is -0.347. The van der Waals surface area contributed by atoms with Crippen molar-refractivity contribution in [2.75, 3.05) is 11.9 Å². The van der Waals surface area contributed by atoms with E-state index in [0.717, 1.165) is 11.3 Å². The van der Waals surface area contributed by atoms with Gasteiger partial charge in [0, 0.05) is 5.56 Å². The molecule has 1 aromatic carbocycles. The van der Waals surface area contributed by atoms with E-state index in [2.05, 4.69) is 5.32 Å². The normalized spacial score (nSPS) is 10.6. The molecular weight excluding hydrogens is 368 g/mol. The number of ether oxygens (including phenoxy) is 2. The summed E-state index contributed by atoms with van der Waals surface area (Å²) >= 11 is 0.949. The van der Waals surface area contributed by atoms with Gasteiger partial charge in [-0.05, 0) is 51.5 Å². The van der Waals surface area contributed by atoms with Crippen molar-refractivity contribution in [1.29, 1.82) is 0 Å². The first-order chi connectivity index (χ1) is 12.7. The Morgan fingerprint density at radius 2 is 1.96 bits per heavy atom. The van der Waals surface area contributed by atoms with Gasteiger partial charge in [-0.3, -0.25) is 9.59 Å². The second kappa shape index (κ2) is 8.68. The van der Waals surface area contributed by atoms with Crippen LogP contribution in [0.3, 0.4) is 0 Å². The maximum atomic E-state index is 12.6. The first-order valence-electron chi connectivity index (χ1n) is 8.43. The molecule has 2 aromatic rings. The molecule has 2 rings (SSSR count). The second-order valence-corrected chi connectivity index (χ2v) is 7.01. The molecule has 27 heavy (non-hydrogen) atoms. The zero-order valence-corrected chi connectivity index (χ0v) is 16.4. The van der Waals surface area contributed by atoms with E-state index in [1.165, 1.54) is 0 Å². The van der Waals surface area contributed by atoms with E-state index in [-0.39, 0.29) is 21.5 Å². The van der Waals surface area contributed by atoms with Crippen molar-refractivity contribution in [2.24, 2.45) is 5.73 Å². The topological polar surface area (TPSA) is 108 Å². The summed E-state index contributed by atoms with van der Waals surface area (Å²) < 4.78 is 10.6. The standard InChI is InChI=1S/C19H22N2O5S/c1-5-25-13-8-6-7-12(9-13)17(23)21-18-14(19(24)26-10(2)3)11(4)15(27-18)16(20)22/h6-10H,5H2,1-4H3,(H2,20,22)(H,21,23). The number of rotatable bonds is 7. The SMILES string of the molecule is CCOc1cccc(C(=O)Nc2sc(C(N)=O)c(C)c2C(=O)OC(C)C)c1. The number of hydrogen-bond acceptors (Lipinski definition) is 6. The third kappa shape index (κ3) is 4.85. The van der Waals surface area contributed by atoms with Gasteiger partial charge in [0.2, 0.25) is 0 Å². The Morgan fingerprint density at radius 1 is 1.26 bits per heavy atom. The molecule has 8 heteroatoms. The quantitative estimate of drug-likeness (QED) is 0.705. The molecule has 1 aromatic heterocycles. The fraction of sp³-hybridized carbons (Fsp3) is 0.316. The van der Waals surface area contributed by atoms with Crippen molar-refractivity contribution < 1.29 is 23.9 Å². The number of hydrogen-bond donors (Lipinski definition) is 2. The largest absolute Gasteiger partial charge is 0.494 e. The van der Waals surface area contributed by atoms with Gasteiger partial charge >= 0.3 is 5.97 Å². The summed E-state index contributed by atoms with van der Waals surface area (Å²) in [6.45, 7) is 7.35. The van der Waals surface area contributed by atoms with Gasteiger partial charge in [-0.1, -0.05) is 6.07 Å². The zero-order chi connectivity index (χ0) is 20.1. The highest BCUT2D eigenvalue weighted by Crippen LogP contribution is 2.34. The van der Waals surface area contributed by atoms with Crippen LogP contribution in [0.4, 0.5) is 5.00 Å². The summed E-state index contributed by atoms with van der Waals surface area (Å²) in [6, 6.07) is 6.66. The van der Waals surface area contributed by atoms with Gasteiger partial charge in [-0.15, -0.1) is 11.3 Å². The molecule has 7 nitrogen and oxygen atoms in total. The predicted octanol–water partition coefficient (Wildman–Crippen LogP) is 3.37. The van der Waals surface area contributed by atoms with Gasteiger partial charge in [0.15, 0.2) is 0 Å². The van der Waals surface area contributed by atoms with E-state index in [9.17, 15) is 14.4 Å². The molecule has 0 aliphatic carbocycles. The van der Waals surface area contributed by atoms with Crippen LogP contribution in [0.15, 0.2) is 24.3 Å². The molecule has 1 heterocycles. The molecular formula is C19H22N2O5S. The lowest BCUT2D eigenvalue weighted by molar-refractivity contribution is 0.0379. The number of carbonyl (C=O) groups is 3. The summed E-state index contributed by atoms with van der Waals surface area (Å²) in [5, 5.41) is 2.90. The summed E-state index contributed by atoms with van der Waals surface area (Å²) in [5.74, 6) is -1.17. The number of nitrogens with two attached hydrogens (primary N) is 1. The average Bonchev–Trinajstić information content (AvgIpc) is 2.91. The van der Waals surface area contributed by atoms with Crippen LogP contribution in [0, 0.1) is 6.92 Å². The highest BCUT2D eigenvalue weighted by Gasteiger charge is 2.26. The number of esters is 1. The highest BCUT2D eigenvalue weighted by atomic mass is 32.1. The van der Waals surface area contributed by atoms with Crippen LogP contribution < -0.4 is 15.8 Å². The fourth-order valence-electron chi connectivity index (χ4n) is 2.42. The Bertz CT molecular complexity index is 873. The molecule has 0 bridgehead atoms. The van der Waals surface area contributed by atoms with E-state index >= 15 is 0 Å². The molecule has 0 unspecified atom stereocenters. The Kier molecular flexibility index (Phi) is 6.57.